The van der Waals surface area contributed by atoms with Gasteiger partial charge in [0.1, 0.15) is 29.3 Å². The van der Waals surface area contributed by atoms with Crippen molar-refractivity contribution in [1.29, 1.82) is 0 Å². The van der Waals surface area contributed by atoms with E-state index in [4.69, 9.17) is 4.74 Å². The minimum Gasteiger partial charge on any atom is -0.486 e. The molecule has 0 aliphatic carbocycles. The van der Waals surface area contributed by atoms with Crippen LogP contribution < -0.4 is 4.74 Å². The molecule has 7 heteroatoms. The van der Waals surface area contributed by atoms with E-state index in [1.807, 2.05) is 12.1 Å². The molecular formula is C15H12N4O3. The highest BCUT2D eigenvalue weighted by Gasteiger charge is 2.19. The lowest BCUT2D eigenvalue weighted by atomic mass is 10.1. The average molecular weight is 296 g/mol. The lowest BCUT2D eigenvalue weighted by Gasteiger charge is -2.09. The van der Waals surface area contributed by atoms with Gasteiger partial charge in [0.25, 0.3) is 0 Å². The first kappa shape index (κ1) is 13.7. The van der Waals surface area contributed by atoms with E-state index in [1.165, 1.54) is 6.20 Å². The summed E-state index contributed by atoms with van der Waals surface area (Å²) in [5.74, 6) is -0.617. The molecule has 3 aromatic rings. The predicted octanol–water partition coefficient (Wildman–Crippen LogP) is 2.14. The molecule has 3 aromatic heterocycles. The Morgan fingerprint density at radius 1 is 1.23 bits per heavy atom. The zero-order valence-electron chi connectivity index (χ0n) is 11.4. The first-order valence-electron chi connectivity index (χ1n) is 6.50. The number of carbonyl (C=O) groups is 1. The summed E-state index contributed by atoms with van der Waals surface area (Å²) in [5.41, 5.74) is 1.57. The number of carboxylic acid groups (broad SMARTS) is 1. The first-order valence-corrected chi connectivity index (χ1v) is 6.50. The van der Waals surface area contributed by atoms with E-state index in [-0.39, 0.29) is 11.3 Å². The zero-order valence-corrected chi connectivity index (χ0v) is 11.4. The second kappa shape index (κ2) is 6.04. The molecule has 0 spiro atoms. The van der Waals surface area contributed by atoms with Gasteiger partial charge in [-0.25, -0.2) is 4.79 Å². The number of aromatic carboxylic acids is 1. The number of nitrogens with zero attached hydrogens (tertiary/aromatic N) is 3. The Bertz CT molecular complexity index is 786. The second-order valence-corrected chi connectivity index (χ2v) is 4.45. The Morgan fingerprint density at radius 2 is 2.09 bits per heavy atom. The molecule has 0 aliphatic rings. The monoisotopic (exact) mass is 296 g/mol. The molecule has 0 saturated carbocycles. The van der Waals surface area contributed by atoms with Gasteiger partial charge in [-0.05, 0) is 18.2 Å². The van der Waals surface area contributed by atoms with Crippen molar-refractivity contribution in [3.63, 3.8) is 0 Å². The fraction of sp³-hybridized carbons (Fsp3) is 0.0667. The SMILES string of the molecule is O=C(O)c1c[nH]nc1-c1ncccc1OCc1cccnc1. The number of hydrogen-bond acceptors (Lipinski definition) is 5. The molecule has 3 heterocycles. The highest BCUT2D eigenvalue weighted by atomic mass is 16.5. The zero-order chi connectivity index (χ0) is 15.4. The summed E-state index contributed by atoms with van der Waals surface area (Å²) < 4.78 is 5.73. The van der Waals surface area contributed by atoms with Crippen LogP contribution in [0, 0.1) is 0 Å². The van der Waals surface area contributed by atoms with Crippen LogP contribution in [0.1, 0.15) is 15.9 Å². The van der Waals surface area contributed by atoms with Crippen molar-refractivity contribution in [3.8, 4) is 17.1 Å². The number of rotatable bonds is 5. The molecule has 0 unspecified atom stereocenters. The van der Waals surface area contributed by atoms with Gasteiger partial charge in [-0.1, -0.05) is 6.07 Å². The van der Waals surface area contributed by atoms with Crippen LogP contribution in [0.3, 0.4) is 0 Å². The first-order chi connectivity index (χ1) is 10.8. The number of H-pyrrole nitrogens is 1. The van der Waals surface area contributed by atoms with Crippen LogP contribution in [-0.4, -0.2) is 31.2 Å². The summed E-state index contributed by atoms with van der Waals surface area (Å²) in [7, 11) is 0. The van der Waals surface area contributed by atoms with Gasteiger partial charge in [-0.2, -0.15) is 5.10 Å². The Morgan fingerprint density at radius 3 is 2.86 bits per heavy atom. The molecule has 3 rings (SSSR count). The molecule has 0 radical (unpaired) electrons. The number of ether oxygens (including phenoxy) is 1. The maximum absolute atomic E-state index is 11.2. The fourth-order valence-corrected chi connectivity index (χ4v) is 1.96. The molecular weight excluding hydrogens is 284 g/mol. The van der Waals surface area contributed by atoms with Crippen molar-refractivity contribution < 1.29 is 14.6 Å². The maximum Gasteiger partial charge on any atom is 0.339 e. The van der Waals surface area contributed by atoms with E-state index >= 15 is 0 Å². The van der Waals surface area contributed by atoms with E-state index < -0.39 is 5.97 Å². The summed E-state index contributed by atoms with van der Waals surface area (Å²) >= 11 is 0. The lowest BCUT2D eigenvalue weighted by molar-refractivity contribution is 0.0698. The van der Waals surface area contributed by atoms with Gasteiger partial charge in [0.15, 0.2) is 0 Å². The van der Waals surface area contributed by atoms with E-state index in [9.17, 15) is 9.90 Å². The third-order valence-corrected chi connectivity index (χ3v) is 2.98. The number of carboxylic acids is 1. The quantitative estimate of drug-likeness (QED) is 0.748. The number of aromatic nitrogens is 4. The molecule has 2 N–H and O–H groups in total. The van der Waals surface area contributed by atoms with Gasteiger partial charge in [0.05, 0.1) is 0 Å². The van der Waals surface area contributed by atoms with E-state index in [1.54, 1.807) is 30.7 Å². The Balaban J connectivity index is 1.90. The number of pyridine rings is 2. The fourth-order valence-electron chi connectivity index (χ4n) is 1.96. The summed E-state index contributed by atoms with van der Waals surface area (Å²) in [6.45, 7) is 0.305. The van der Waals surface area contributed by atoms with Crippen LogP contribution in [0.15, 0.2) is 49.1 Å². The maximum atomic E-state index is 11.2. The Labute approximate surface area is 125 Å². The van der Waals surface area contributed by atoms with Crippen molar-refractivity contribution >= 4 is 5.97 Å². The smallest absolute Gasteiger partial charge is 0.339 e. The Kier molecular flexibility index (Phi) is 3.78. The molecule has 0 amide bonds. The summed E-state index contributed by atoms with van der Waals surface area (Å²) in [6, 6.07) is 7.15. The molecule has 0 aromatic carbocycles. The van der Waals surface area contributed by atoms with Gasteiger partial charge >= 0.3 is 5.97 Å². The van der Waals surface area contributed by atoms with Crippen LogP contribution in [-0.2, 0) is 6.61 Å². The molecule has 0 fully saturated rings. The van der Waals surface area contributed by atoms with E-state index in [0.29, 0.717) is 18.1 Å². The number of hydrogen-bond donors (Lipinski definition) is 2. The minimum absolute atomic E-state index is 0.0462. The van der Waals surface area contributed by atoms with Gasteiger partial charge in [0.2, 0.25) is 0 Å². The minimum atomic E-state index is -1.08. The molecule has 22 heavy (non-hydrogen) atoms. The van der Waals surface area contributed by atoms with Crippen molar-refractivity contribution in [2.45, 2.75) is 6.61 Å². The standard InChI is InChI=1S/C15H12N4O3/c20-15(21)11-8-18-19-13(11)14-12(4-2-6-17-14)22-9-10-3-1-5-16-7-10/h1-8H,9H2,(H,18,19)(H,20,21). The highest BCUT2D eigenvalue weighted by molar-refractivity contribution is 5.94. The summed E-state index contributed by atoms with van der Waals surface area (Å²) in [4.78, 5) is 19.4. The average Bonchev–Trinajstić information content (AvgIpc) is 3.04. The van der Waals surface area contributed by atoms with Crippen molar-refractivity contribution in [2.24, 2.45) is 0 Å². The van der Waals surface area contributed by atoms with Gasteiger partial charge < -0.3 is 9.84 Å². The third kappa shape index (κ3) is 2.78. The van der Waals surface area contributed by atoms with E-state index in [2.05, 4.69) is 20.2 Å². The molecule has 0 atom stereocenters. The van der Waals surface area contributed by atoms with E-state index in [0.717, 1.165) is 5.56 Å². The highest BCUT2D eigenvalue weighted by Crippen LogP contribution is 2.28. The number of aromatic amines is 1. The molecule has 0 aliphatic heterocycles. The van der Waals surface area contributed by atoms with Gasteiger partial charge in [-0.3, -0.25) is 15.1 Å². The van der Waals surface area contributed by atoms with Crippen LogP contribution >= 0.6 is 0 Å². The predicted molar refractivity (Wildman–Crippen MR) is 77.3 cm³/mol. The van der Waals surface area contributed by atoms with Crippen molar-refractivity contribution in [3.05, 3.63) is 60.2 Å². The van der Waals surface area contributed by atoms with Crippen LogP contribution in [0.5, 0.6) is 5.75 Å². The topological polar surface area (TPSA) is 101 Å². The van der Waals surface area contributed by atoms with Crippen LogP contribution in [0.25, 0.3) is 11.4 Å². The lowest BCUT2D eigenvalue weighted by Crippen LogP contribution is -2.02. The van der Waals surface area contributed by atoms with Crippen molar-refractivity contribution in [1.82, 2.24) is 20.2 Å². The largest absolute Gasteiger partial charge is 0.486 e. The van der Waals surface area contributed by atoms with Gasteiger partial charge in [0, 0.05) is 30.4 Å². The van der Waals surface area contributed by atoms with Crippen LogP contribution in [0.4, 0.5) is 0 Å². The molecule has 0 bridgehead atoms. The number of nitrogens with one attached hydrogen (secondary N) is 1. The van der Waals surface area contributed by atoms with Gasteiger partial charge in [-0.15, -0.1) is 0 Å². The molecule has 110 valence electrons. The van der Waals surface area contributed by atoms with Crippen LogP contribution in [0.2, 0.25) is 0 Å². The normalized spacial score (nSPS) is 10.4. The van der Waals surface area contributed by atoms with Crippen molar-refractivity contribution in [2.75, 3.05) is 0 Å². The summed E-state index contributed by atoms with van der Waals surface area (Å²) in [6.07, 6.45) is 6.26. The third-order valence-electron chi connectivity index (χ3n) is 2.98. The summed E-state index contributed by atoms with van der Waals surface area (Å²) in [5, 5.41) is 15.7. The molecule has 0 saturated heterocycles. The second-order valence-electron chi connectivity index (χ2n) is 4.45. The Hall–Kier alpha value is -3.22. The molecule has 7 nitrogen and oxygen atoms in total.